The third kappa shape index (κ3) is 8.24. The molecular weight excluding hydrogens is 192 g/mol. The van der Waals surface area contributed by atoms with E-state index in [9.17, 15) is 4.79 Å². The molecule has 1 amide bonds. The lowest BCUT2D eigenvalue weighted by Crippen LogP contribution is -2.51. The number of nitrogens with one attached hydrogen (secondary N) is 2. The molecule has 0 heterocycles. The number of carbonyl (C=O) groups is 1. The summed E-state index contributed by atoms with van der Waals surface area (Å²) < 4.78 is 5.18. The maximum absolute atomic E-state index is 11.5. The van der Waals surface area contributed by atoms with Crippen molar-refractivity contribution in [3.05, 3.63) is 0 Å². The third-order valence-corrected chi connectivity index (χ3v) is 1.66. The standard InChI is InChI=1S/C11H24N2O2/c1-7-12-8-11(5,6)13-9(14)15-10(2,3)4/h12H,7-8H2,1-6H3,(H,13,14). The van der Waals surface area contributed by atoms with Gasteiger partial charge in [0.25, 0.3) is 0 Å². The van der Waals surface area contributed by atoms with Crippen LogP contribution in [0.4, 0.5) is 4.79 Å². The Morgan fingerprint density at radius 2 is 1.73 bits per heavy atom. The number of hydrogen-bond acceptors (Lipinski definition) is 3. The largest absolute Gasteiger partial charge is 0.444 e. The van der Waals surface area contributed by atoms with Crippen LogP contribution >= 0.6 is 0 Å². The maximum Gasteiger partial charge on any atom is 0.408 e. The Kier molecular flexibility index (Phi) is 5.08. The van der Waals surface area contributed by atoms with E-state index < -0.39 is 5.60 Å². The lowest BCUT2D eigenvalue weighted by Gasteiger charge is -2.28. The van der Waals surface area contributed by atoms with E-state index in [1.807, 2.05) is 41.5 Å². The molecule has 0 aliphatic carbocycles. The fourth-order valence-electron chi connectivity index (χ4n) is 1.06. The Bertz CT molecular complexity index is 207. The van der Waals surface area contributed by atoms with Crippen LogP contribution in [0.1, 0.15) is 41.5 Å². The second-order valence-electron chi connectivity index (χ2n) is 5.29. The van der Waals surface area contributed by atoms with Crippen molar-refractivity contribution in [3.8, 4) is 0 Å². The molecule has 2 N–H and O–H groups in total. The number of rotatable bonds is 4. The number of alkyl carbamates (subject to hydrolysis) is 1. The van der Waals surface area contributed by atoms with Gasteiger partial charge in [0.1, 0.15) is 5.60 Å². The van der Waals surface area contributed by atoms with Gasteiger partial charge in [-0.25, -0.2) is 4.79 Å². The van der Waals surface area contributed by atoms with Gasteiger partial charge in [0, 0.05) is 6.54 Å². The molecule has 0 aromatic heterocycles. The molecule has 90 valence electrons. The van der Waals surface area contributed by atoms with E-state index in [1.165, 1.54) is 0 Å². The van der Waals surface area contributed by atoms with E-state index >= 15 is 0 Å². The van der Waals surface area contributed by atoms with Crippen molar-refractivity contribution < 1.29 is 9.53 Å². The van der Waals surface area contributed by atoms with E-state index in [0.29, 0.717) is 0 Å². The summed E-state index contributed by atoms with van der Waals surface area (Å²) in [5.74, 6) is 0. The molecule has 0 radical (unpaired) electrons. The molecule has 0 fully saturated rings. The number of amides is 1. The van der Waals surface area contributed by atoms with Gasteiger partial charge in [-0.2, -0.15) is 0 Å². The molecule has 0 saturated heterocycles. The average molecular weight is 216 g/mol. The van der Waals surface area contributed by atoms with E-state index in [2.05, 4.69) is 10.6 Å². The van der Waals surface area contributed by atoms with Crippen molar-refractivity contribution in [2.75, 3.05) is 13.1 Å². The minimum Gasteiger partial charge on any atom is -0.444 e. The topological polar surface area (TPSA) is 50.4 Å². The molecule has 0 aromatic rings. The minimum absolute atomic E-state index is 0.293. The van der Waals surface area contributed by atoms with E-state index in [1.54, 1.807) is 0 Å². The van der Waals surface area contributed by atoms with Gasteiger partial charge in [-0.3, -0.25) is 0 Å². The van der Waals surface area contributed by atoms with Gasteiger partial charge >= 0.3 is 6.09 Å². The van der Waals surface area contributed by atoms with Crippen LogP contribution < -0.4 is 10.6 Å². The first-order chi connectivity index (χ1) is 6.66. The molecule has 4 heteroatoms. The highest BCUT2D eigenvalue weighted by atomic mass is 16.6. The molecule has 0 spiro atoms. The summed E-state index contributed by atoms with van der Waals surface area (Å²) in [5, 5.41) is 6.01. The van der Waals surface area contributed by atoms with E-state index in [0.717, 1.165) is 13.1 Å². The minimum atomic E-state index is -0.446. The third-order valence-electron chi connectivity index (χ3n) is 1.66. The van der Waals surface area contributed by atoms with Crippen molar-refractivity contribution in [2.24, 2.45) is 0 Å². The number of hydrogen-bond donors (Lipinski definition) is 2. The van der Waals surface area contributed by atoms with Crippen LogP contribution in [0.25, 0.3) is 0 Å². The Balaban J connectivity index is 4.04. The summed E-state index contributed by atoms with van der Waals surface area (Å²) >= 11 is 0. The number of ether oxygens (including phenoxy) is 1. The normalized spacial score (nSPS) is 12.4. The van der Waals surface area contributed by atoms with Gasteiger partial charge in [0.05, 0.1) is 5.54 Å². The highest BCUT2D eigenvalue weighted by Gasteiger charge is 2.23. The quantitative estimate of drug-likeness (QED) is 0.754. The first-order valence-corrected chi connectivity index (χ1v) is 5.38. The molecule has 0 atom stereocenters. The van der Waals surface area contributed by atoms with Crippen molar-refractivity contribution in [3.63, 3.8) is 0 Å². The Hall–Kier alpha value is -0.770. The van der Waals surface area contributed by atoms with Gasteiger partial charge in [-0.15, -0.1) is 0 Å². The Morgan fingerprint density at radius 3 is 2.13 bits per heavy atom. The summed E-state index contributed by atoms with van der Waals surface area (Å²) in [6, 6.07) is 0. The highest BCUT2D eigenvalue weighted by molar-refractivity contribution is 5.68. The molecule has 0 aromatic carbocycles. The van der Waals surface area contributed by atoms with Crippen LogP contribution in [0, 0.1) is 0 Å². The fraction of sp³-hybridized carbons (Fsp3) is 0.909. The maximum atomic E-state index is 11.5. The zero-order valence-electron chi connectivity index (χ0n) is 10.7. The van der Waals surface area contributed by atoms with Crippen molar-refractivity contribution in [2.45, 2.75) is 52.7 Å². The average Bonchev–Trinajstić information content (AvgIpc) is 1.95. The first-order valence-electron chi connectivity index (χ1n) is 5.38. The summed E-state index contributed by atoms with van der Waals surface area (Å²) in [4.78, 5) is 11.5. The summed E-state index contributed by atoms with van der Waals surface area (Å²) in [6.07, 6.45) is -0.370. The van der Waals surface area contributed by atoms with Crippen LogP contribution in [-0.2, 0) is 4.74 Å². The van der Waals surface area contributed by atoms with Crippen LogP contribution in [0.15, 0.2) is 0 Å². The predicted octanol–water partition coefficient (Wildman–Crippen LogP) is 1.90. The first kappa shape index (κ1) is 14.2. The Labute approximate surface area is 92.8 Å². The second-order valence-corrected chi connectivity index (χ2v) is 5.29. The van der Waals surface area contributed by atoms with Crippen molar-refractivity contribution in [1.29, 1.82) is 0 Å². The zero-order valence-corrected chi connectivity index (χ0v) is 10.7. The molecule has 0 aliphatic rings. The lowest BCUT2D eigenvalue weighted by atomic mass is 10.1. The molecule has 0 bridgehead atoms. The monoisotopic (exact) mass is 216 g/mol. The summed E-state index contributed by atoms with van der Waals surface area (Å²) in [7, 11) is 0. The van der Waals surface area contributed by atoms with Crippen LogP contribution in [0.3, 0.4) is 0 Å². The molecule has 0 saturated carbocycles. The Morgan fingerprint density at radius 1 is 1.20 bits per heavy atom. The SMILES string of the molecule is CCNCC(C)(C)NC(=O)OC(C)(C)C. The zero-order chi connectivity index (χ0) is 12.1. The van der Waals surface area contributed by atoms with Gasteiger partial charge in [-0.05, 0) is 41.2 Å². The molecule has 4 nitrogen and oxygen atoms in total. The van der Waals surface area contributed by atoms with Crippen LogP contribution in [-0.4, -0.2) is 30.3 Å². The predicted molar refractivity (Wildman–Crippen MR) is 62.0 cm³/mol. The van der Waals surface area contributed by atoms with Gasteiger partial charge in [0.15, 0.2) is 0 Å². The lowest BCUT2D eigenvalue weighted by molar-refractivity contribution is 0.0472. The summed E-state index contributed by atoms with van der Waals surface area (Å²) in [5.41, 5.74) is -0.739. The molecule has 0 rings (SSSR count). The summed E-state index contributed by atoms with van der Waals surface area (Å²) in [6.45, 7) is 13.1. The van der Waals surface area contributed by atoms with Gasteiger partial charge < -0.3 is 15.4 Å². The van der Waals surface area contributed by atoms with Crippen LogP contribution in [0.5, 0.6) is 0 Å². The molecular formula is C11H24N2O2. The second kappa shape index (κ2) is 5.35. The van der Waals surface area contributed by atoms with Crippen molar-refractivity contribution >= 4 is 6.09 Å². The number of carbonyl (C=O) groups excluding carboxylic acids is 1. The highest BCUT2D eigenvalue weighted by Crippen LogP contribution is 2.08. The van der Waals surface area contributed by atoms with E-state index in [4.69, 9.17) is 4.74 Å². The van der Waals surface area contributed by atoms with Gasteiger partial charge in [-0.1, -0.05) is 6.92 Å². The smallest absolute Gasteiger partial charge is 0.408 e. The number of likely N-dealkylation sites (N-methyl/N-ethyl adjacent to an activating group) is 1. The fourth-order valence-corrected chi connectivity index (χ4v) is 1.06. The molecule has 15 heavy (non-hydrogen) atoms. The van der Waals surface area contributed by atoms with Crippen molar-refractivity contribution in [1.82, 2.24) is 10.6 Å². The molecule has 0 aliphatic heterocycles. The van der Waals surface area contributed by atoms with Crippen LogP contribution in [0.2, 0.25) is 0 Å². The van der Waals surface area contributed by atoms with Gasteiger partial charge in [0.2, 0.25) is 0 Å². The molecule has 0 unspecified atom stereocenters. The van der Waals surface area contributed by atoms with E-state index in [-0.39, 0.29) is 11.6 Å².